The predicted molar refractivity (Wildman–Crippen MR) is 94.3 cm³/mol. The number of pyridine rings is 1. The molecule has 3 aromatic rings. The molecular formula is C18H16N4OS. The molecule has 0 aliphatic heterocycles. The molecule has 1 N–H and O–H groups in total. The highest BCUT2D eigenvalue weighted by Crippen LogP contribution is 2.34. The van der Waals surface area contributed by atoms with Gasteiger partial charge >= 0.3 is 0 Å². The molecule has 24 heavy (non-hydrogen) atoms. The van der Waals surface area contributed by atoms with Gasteiger partial charge in [0.25, 0.3) is 0 Å². The summed E-state index contributed by atoms with van der Waals surface area (Å²) in [4.78, 5) is 5.42. The standard InChI is InChI=1S/C18H16N4OS/c1-3-15-17(13-6-4-12(10-19)5-7-13)18(23)22(21-15)16-9-8-14(24-2)11-20-16/h4-9,11,23H,3H2,1-2H3. The molecule has 1 aromatic carbocycles. The van der Waals surface area contributed by atoms with Crippen LogP contribution in [-0.2, 0) is 6.42 Å². The first-order chi connectivity index (χ1) is 11.7. The van der Waals surface area contributed by atoms with Crippen molar-refractivity contribution in [3.63, 3.8) is 0 Å². The summed E-state index contributed by atoms with van der Waals surface area (Å²) in [6.45, 7) is 1.99. The molecule has 5 nitrogen and oxygen atoms in total. The molecule has 2 aromatic heterocycles. The van der Waals surface area contributed by atoms with Crippen LogP contribution in [0.1, 0.15) is 18.2 Å². The van der Waals surface area contributed by atoms with Crippen LogP contribution in [0.25, 0.3) is 16.9 Å². The fourth-order valence-corrected chi connectivity index (χ4v) is 2.85. The predicted octanol–water partition coefficient (Wildman–Crippen LogP) is 3.80. The maximum Gasteiger partial charge on any atom is 0.224 e. The molecule has 2 heterocycles. The van der Waals surface area contributed by atoms with E-state index in [1.807, 2.05) is 37.4 Å². The van der Waals surface area contributed by atoms with E-state index in [9.17, 15) is 5.11 Å². The summed E-state index contributed by atoms with van der Waals surface area (Å²) in [5, 5.41) is 24.1. The summed E-state index contributed by atoms with van der Waals surface area (Å²) in [5.41, 5.74) is 2.87. The highest BCUT2D eigenvalue weighted by molar-refractivity contribution is 7.98. The van der Waals surface area contributed by atoms with E-state index < -0.39 is 0 Å². The van der Waals surface area contributed by atoms with E-state index in [4.69, 9.17) is 5.26 Å². The summed E-state index contributed by atoms with van der Waals surface area (Å²) in [6, 6.07) is 13.0. The molecule has 0 spiro atoms. The lowest BCUT2D eigenvalue weighted by Crippen LogP contribution is -1.99. The molecule has 0 fully saturated rings. The van der Waals surface area contributed by atoms with E-state index >= 15 is 0 Å². The van der Waals surface area contributed by atoms with Crippen LogP contribution < -0.4 is 0 Å². The molecule has 0 aliphatic carbocycles. The number of aromatic nitrogens is 3. The Morgan fingerprint density at radius 2 is 1.96 bits per heavy atom. The Kier molecular flexibility index (Phi) is 4.54. The number of benzene rings is 1. The van der Waals surface area contributed by atoms with Crippen LogP contribution in [0.4, 0.5) is 0 Å². The minimum atomic E-state index is 0.0564. The first-order valence-corrected chi connectivity index (χ1v) is 8.72. The molecule has 120 valence electrons. The smallest absolute Gasteiger partial charge is 0.224 e. The highest BCUT2D eigenvalue weighted by atomic mass is 32.2. The largest absolute Gasteiger partial charge is 0.493 e. The molecule has 0 unspecified atom stereocenters. The minimum absolute atomic E-state index is 0.0564. The summed E-state index contributed by atoms with van der Waals surface area (Å²) in [5.74, 6) is 0.626. The summed E-state index contributed by atoms with van der Waals surface area (Å²) < 4.78 is 1.45. The third-order valence-corrected chi connectivity index (χ3v) is 4.46. The van der Waals surface area contributed by atoms with Crippen LogP contribution in [-0.4, -0.2) is 26.1 Å². The van der Waals surface area contributed by atoms with Gasteiger partial charge in [0, 0.05) is 11.1 Å². The molecule has 0 atom stereocenters. The Morgan fingerprint density at radius 3 is 2.50 bits per heavy atom. The molecule has 0 aliphatic rings. The number of nitrogens with zero attached hydrogens (tertiary/aromatic N) is 4. The van der Waals surface area contributed by atoms with Crippen molar-refractivity contribution in [2.24, 2.45) is 0 Å². The van der Waals surface area contributed by atoms with E-state index in [-0.39, 0.29) is 5.88 Å². The maximum atomic E-state index is 10.7. The van der Waals surface area contributed by atoms with E-state index in [1.54, 1.807) is 30.1 Å². The van der Waals surface area contributed by atoms with Gasteiger partial charge in [-0.1, -0.05) is 19.1 Å². The lowest BCUT2D eigenvalue weighted by molar-refractivity contribution is 0.433. The van der Waals surface area contributed by atoms with Gasteiger partial charge < -0.3 is 5.11 Å². The summed E-state index contributed by atoms with van der Waals surface area (Å²) in [6.07, 6.45) is 4.42. The second-order valence-corrected chi connectivity index (χ2v) is 6.04. The average Bonchev–Trinajstić information content (AvgIpc) is 2.98. The molecule has 0 radical (unpaired) electrons. The fraction of sp³-hybridized carbons (Fsp3) is 0.167. The van der Waals surface area contributed by atoms with E-state index in [0.717, 1.165) is 16.2 Å². The number of hydrogen-bond acceptors (Lipinski definition) is 5. The van der Waals surface area contributed by atoms with Crippen molar-refractivity contribution in [2.75, 3.05) is 6.26 Å². The fourth-order valence-electron chi connectivity index (χ4n) is 2.49. The normalized spacial score (nSPS) is 10.5. The Labute approximate surface area is 144 Å². The number of aryl methyl sites for hydroxylation is 1. The zero-order chi connectivity index (χ0) is 17.1. The Balaban J connectivity index is 2.10. The van der Waals surface area contributed by atoms with Gasteiger partial charge in [0.15, 0.2) is 5.82 Å². The van der Waals surface area contributed by atoms with Crippen molar-refractivity contribution in [1.29, 1.82) is 5.26 Å². The van der Waals surface area contributed by atoms with E-state index in [1.165, 1.54) is 4.68 Å². The van der Waals surface area contributed by atoms with E-state index in [0.29, 0.717) is 23.4 Å². The number of rotatable bonds is 4. The third kappa shape index (κ3) is 2.86. The quantitative estimate of drug-likeness (QED) is 0.734. The molecule has 0 bridgehead atoms. The van der Waals surface area contributed by atoms with Crippen LogP contribution in [0.15, 0.2) is 47.5 Å². The van der Waals surface area contributed by atoms with E-state index in [2.05, 4.69) is 16.2 Å². The molecular weight excluding hydrogens is 320 g/mol. The monoisotopic (exact) mass is 336 g/mol. The Hall–Kier alpha value is -2.78. The highest BCUT2D eigenvalue weighted by Gasteiger charge is 2.19. The van der Waals surface area contributed by atoms with Gasteiger partial charge in [-0.05, 0) is 42.5 Å². The van der Waals surface area contributed by atoms with Crippen molar-refractivity contribution in [3.05, 3.63) is 53.9 Å². The zero-order valence-corrected chi connectivity index (χ0v) is 14.2. The van der Waals surface area contributed by atoms with Crippen LogP contribution >= 0.6 is 11.8 Å². The molecule has 6 heteroatoms. The van der Waals surface area contributed by atoms with Crippen LogP contribution in [0, 0.1) is 11.3 Å². The van der Waals surface area contributed by atoms with Gasteiger partial charge in [0.1, 0.15) is 0 Å². The van der Waals surface area contributed by atoms with Gasteiger partial charge in [-0.3, -0.25) is 0 Å². The van der Waals surface area contributed by atoms with Crippen molar-refractivity contribution < 1.29 is 5.11 Å². The number of thioether (sulfide) groups is 1. The summed E-state index contributed by atoms with van der Waals surface area (Å²) >= 11 is 1.61. The van der Waals surface area contributed by atoms with Gasteiger partial charge in [0.05, 0.1) is 22.9 Å². The summed E-state index contributed by atoms with van der Waals surface area (Å²) in [7, 11) is 0. The second-order valence-electron chi connectivity index (χ2n) is 5.16. The Bertz CT molecular complexity index is 893. The Morgan fingerprint density at radius 1 is 1.21 bits per heavy atom. The molecule has 0 saturated heterocycles. The number of nitriles is 1. The lowest BCUT2D eigenvalue weighted by Gasteiger charge is -2.04. The van der Waals surface area contributed by atoms with Crippen LogP contribution in [0.2, 0.25) is 0 Å². The van der Waals surface area contributed by atoms with Gasteiger partial charge in [-0.15, -0.1) is 11.8 Å². The molecule has 0 amide bonds. The van der Waals surface area contributed by atoms with Crippen LogP contribution in [0.5, 0.6) is 5.88 Å². The van der Waals surface area contributed by atoms with Crippen molar-refractivity contribution in [1.82, 2.24) is 14.8 Å². The molecule has 3 rings (SSSR count). The van der Waals surface area contributed by atoms with Crippen molar-refractivity contribution in [3.8, 4) is 28.9 Å². The van der Waals surface area contributed by atoms with Crippen molar-refractivity contribution >= 4 is 11.8 Å². The lowest BCUT2D eigenvalue weighted by atomic mass is 10.0. The number of aromatic hydroxyl groups is 1. The topological polar surface area (TPSA) is 74.7 Å². The second kappa shape index (κ2) is 6.77. The van der Waals surface area contributed by atoms with Crippen molar-refractivity contribution in [2.45, 2.75) is 18.2 Å². The first-order valence-electron chi connectivity index (χ1n) is 7.49. The number of hydrogen-bond donors (Lipinski definition) is 1. The first kappa shape index (κ1) is 16.1. The molecule has 0 saturated carbocycles. The van der Waals surface area contributed by atoms with Gasteiger partial charge in [0.2, 0.25) is 5.88 Å². The van der Waals surface area contributed by atoms with Crippen LogP contribution in [0.3, 0.4) is 0 Å². The van der Waals surface area contributed by atoms with Gasteiger partial charge in [-0.25, -0.2) is 4.98 Å². The van der Waals surface area contributed by atoms with Gasteiger partial charge in [-0.2, -0.15) is 15.0 Å². The average molecular weight is 336 g/mol. The minimum Gasteiger partial charge on any atom is -0.493 e. The maximum absolute atomic E-state index is 10.7. The SMILES string of the molecule is CCc1nn(-c2ccc(SC)cn2)c(O)c1-c1ccc(C#N)cc1. The zero-order valence-electron chi connectivity index (χ0n) is 13.4. The third-order valence-electron chi connectivity index (χ3n) is 3.74.